The highest BCUT2D eigenvalue weighted by Gasteiger charge is 2.24. The lowest BCUT2D eigenvalue weighted by atomic mass is 10.0. The molecule has 1 aromatic heterocycles. The van der Waals surface area contributed by atoms with Gasteiger partial charge in [-0.25, -0.2) is 4.79 Å². The highest BCUT2D eigenvalue weighted by atomic mass is 16.5. The van der Waals surface area contributed by atoms with E-state index in [0.29, 0.717) is 5.56 Å². The van der Waals surface area contributed by atoms with Crippen LogP contribution in [0.2, 0.25) is 0 Å². The Balaban J connectivity index is 1.76. The van der Waals surface area contributed by atoms with Crippen molar-refractivity contribution in [2.45, 2.75) is 46.1 Å². The molecule has 1 fully saturated rings. The van der Waals surface area contributed by atoms with Crippen LogP contribution in [0.4, 0.5) is 0 Å². The molecule has 0 saturated carbocycles. The average molecular weight is 340 g/mol. The molecule has 0 spiro atoms. The van der Waals surface area contributed by atoms with Crippen LogP contribution >= 0.6 is 0 Å². The minimum atomic E-state index is -0.473. The van der Waals surface area contributed by atoms with Crippen LogP contribution in [0.3, 0.4) is 0 Å². The number of aromatic nitrogens is 1. The summed E-state index contributed by atoms with van der Waals surface area (Å²) in [6, 6.07) is 7.72. The minimum Gasteiger partial charge on any atom is -0.452 e. The van der Waals surface area contributed by atoms with Crippen LogP contribution in [0.15, 0.2) is 24.3 Å². The zero-order chi connectivity index (χ0) is 18.0. The van der Waals surface area contributed by atoms with E-state index in [2.05, 4.69) is 4.98 Å². The van der Waals surface area contributed by atoms with Crippen LogP contribution in [0.5, 0.6) is 0 Å². The average Bonchev–Trinajstić information content (AvgIpc) is 2.59. The van der Waals surface area contributed by atoms with Crippen molar-refractivity contribution in [3.05, 3.63) is 41.1 Å². The van der Waals surface area contributed by atoms with E-state index in [9.17, 15) is 9.59 Å². The summed E-state index contributed by atoms with van der Waals surface area (Å²) < 4.78 is 5.34. The van der Waals surface area contributed by atoms with Gasteiger partial charge in [0, 0.05) is 23.7 Å². The molecule has 1 aliphatic rings. The number of amides is 1. The number of pyridine rings is 1. The van der Waals surface area contributed by atoms with E-state index in [4.69, 9.17) is 4.74 Å². The maximum absolute atomic E-state index is 12.6. The highest BCUT2D eigenvalue weighted by molar-refractivity contribution is 6.04. The summed E-state index contributed by atoms with van der Waals surface area (Å²) in [4.78, 5) is 31.2. The number of esters is 1. The van der Waals surface area contributed by atoms with E-state index >= 15 is 0 Å². The molecule has 2 aromatic rings. The zero-order valence-corrected chi connectivity index (χ0v) is 15.0. The Morgan fingerprint density at radius 2 is 2.04 bits per heavy atom. The monoisotopic (exact) mass is 340 g/mol. The summed E-state index contributed by atoms with van der Waals surface area (Å²) in [5.74, 6) is -0.592. The normalized spacial score (nSPS) is 17.6. The van der Waals surface area contributed by atoms with E-state index < -0.39 is 5.97 Å². The lowest BCUT2D eigenvalue weighted by Gasteiger charge is -2.33. The molecular weight excluding hydrogens is 316 g/mol. The second-order valence-corrected chi connectivity index (χ2v) is 6.84. The van der Waals surface area contributed by atoms with Gasteiger partial charge in [-0.05, 0) is 58.2 Å². The predicted molar refractivity (Wildman–Crippen MR) is 96.5 cm³/mol. The molecule has 1 aromatic carbocycles. The quantitative estimate of drug-likeness (QED) is 0.804. The summed E-state index contributed by atoms with van der Waals surface area (Å²) in [6.45, 7) is 6.39. The number of likely N-dealkylation sites (tertiary alicyclic amines) is 1. The number of fused-ring (bicyclic) bond motifs is 1. The largest absolute Gasteiger partial charge is 0.452 e. The summed E-state index contributed by atoms with van der Waals surface area (Å²) in [5.41, 5.74) is 3.02. The van der Waals surface area contributed by atoms with Crippen molar-refractivity contribution in [1.82, 2.24) is 9.88 Å². The molecule has 1 atom stereocenters. The molecule has 0 N–H and O–H groups in total. The van der Waals surface area contributed by atoms with Gasteiger partial charge in [-0.3, -0.25) is 9.78 Å². The Morgan fingerprint density at radius 3 is 2.80 bits per heavy atom. The smallest absolute Gasteiger partial charge is 0.339 e. The van der Waals surface area contributed by atoms with Crippen LogP contribution in [-0.4, -0.2) is 41.0 Å². The Morgan fingerprint density at radius 1 is 1.24 bits per heavy atom. The summed E-state index contributed by atoms with van der Waals surface area (Å²) in [6.07, 6.45) is 3.16. The third-order valence-corrected chi connectivity index (χ3v) is 4.76. The number of carbonyl (C=O) groups excluding carboxylic acids is 2. The number of hydrogen-bond acceptors (Lipinski definition) is 4. The molecule has 5 nitrogen and oxygen atoms in total. The standard InChI is InChI=1S/C20H24N2O3/c1-13-7-8-18-16(10-13)17(11-14(2)21-18)20(24)25-12-19(23)22-9-5-4-6-15(22)3/h7-8,10-11,15H,4-6,9,12H2,1-3H3. The van der Waals surface area contributed by atoms with E-state index in [1.54, 1.807) is 6.07 Å². The number of rotatable bonds is 3. The van der Waals surface area contributed by atoms with Crippen molar-refractivity contribution in [2.75, 3.05) is 13.2 Å². The first kappa shape index (κ1) is 17.4. The summed E-state index contributed by atoms with van der Waals surface area (Å²) in [5, 5.41) is 0.759. The van der Waals surface area contributed by atoms with Crippen molar-refractivity contribution >= 4 is 22.8 Å². The summed E-state index contributed by atoms with van der Waals surface area (Å²) >= 11 is 0. The fourth-order valence-corrected chi connectivity index (χ4v) is 3.40. The molecule has 0 bridgehead atoms. The number of nitrogens with zero attached hydrogens (tertiary/aromatic N) is 2. The Bertz CT molecular complexity index is 816. The molecular formula is C20H24N2O3. The van der Waals surface area contributed by atoms with Crippen LogP contribution < -0.4 is 0 Å². The maximum Gasteiger partial charge on any atom is 0.339 e. The van der Waals surface area contributed by atoms with Gasteiger partial charge in [-0.2, -0.15) is 0 Å². The van der Waals surface area contributed by atoms with Crippen LogP contribution in [0.1, 0.15) is 47.8 Å². The van der Waals surface area contributed by atoms with Gasteiger partial charge in [0.1, 0.15) is 0 Å². The van der Waals surface area contributed by atoms with Gasteiger partial charge in [0.2, 0.25) is 0 Å². The summed E-state index contributed by atoms with van der Waals surface area (Å²) in [7, 11) is 0. The molecule has 1 amide bonds. The molecule has 0 aliphatic carbocycles. The number of aryl methyl sites for hydroxylation is 2. The highest BCUT2D eigenvalue weighted by Crippen LogP contribution is 2.21. The second kappa shape index (κ2) is 7.21. The van der Waals surface area contributed by atoms with Crippen molar-refractivity contribution < 1.29 is 14.3 Å². The molecule has 1 saturated heterocycles. The number of carbonyl (C=O) groups is 2. The van der Waals surface area contributed by atoms with Crippen molar-refractivity contribution in [3.8, 4) is 0 Å². The lowest BCUT2D eigenvalue weighted by Crippen LogP contribution is -2.44. The number of hydrogen-bond donors (Lipinski definition) is 0. The second-order valence-electron chi connectivity index (χ2n) is 6.84. The third kappa shape index (κ3) is 3.81. The fourth-order valence-electron chi connectivity index (χ4n) is 3.40. The van der Waals surface area contributed by atoms with Crippen molar-refractivity contribution in [1.29, 1.82) is 0 Å². The van der Waals surface area contributed by atoms with Crippen LogP contribution in [0, 0.1) is 13.8 Å². The van der Waals surface area contributed by atoms with Crippen LogP contribution in [0.25, 0.3) is 10.9 Å². The Hall–Kier alpha value is -2.43. The molecule has 1 unspecified atom stereocenters. The topological polar surface area (TPSA) is 59.5 Å². The van der Waals surface area contributed by atoms with Crippen molar-refractivity contribution in [2.24, 2.45) is 0 Å². The molecule has 5 heteroatoms. The van der Waals surface area contributed by atoms with E-state index in [1.807, 2.05) is 43.9 Å². The zero-order valence-electron chi connectivity index (χ0n) is 15.0. The molecule has 3 rings (SSSR count). The molecule has 25 heavy (non-hydrogen) atoms. The van der Waals surface area contributed by atoms with E-state index in [1.165, 1.54) is 0 Å². The first-order chi connectivity index (χ1) is 12.0. The Labute approximate surface area is 148 Å². The molecule has 132 valence electrons. The van der Waals surface area contributed by atoms with Gasteiger partial charge in [0.25, 0.3) is 5.91 Å². The third-order valence-electron chi connectivity index (χ3n) is 4.76. The van der Waals surface area contributed by atoms with Crippen LogP contribution in [-0.2, 0) is 9.53 Å². The van der Waals surface area contributed by atoms with Gasteiger partial charge in [-0.15, -0.1) is 0 Å². The van der Waals surface area contributed by atoms with E-state index in [-0.39, 0.29) is 18.6 Å². The van der Waals surface area contributed by atoms with Gasteiger partial charge in [0.05, 0.1) is 11.1 Å². The predicted octanol–water partition coefficient (Wildman–Crippen LogP) is 3.41. The molecule has 2 heterocycles. The van der Waals surface area contributed by atoms with Crippen molar-refractivity contribution in [3.63, 3.8) is 0 Å². The van der Waals surface area contributed by atoms with Gasteiger partial charge in [0.15, 0.2) is 6.61 Å². The SMILES string of the molecule is Cc1ccc2nc(C)cc(C(=O)OCC(=O)N3CCCCC3C)c2c1. The lowest BCUT2D eigenvalue weighted by molar-refractivity contribution is -0.137. The van der Waals surface area contributed by atoms with Gasteiger partial charge in [-0.1, -0.05) is 11.6 Å². The Kier molecular flexibility index (Phi) is 5.02. The first-order valence-corrected chi connectivity index (χ1v) is 8.80. The van der Waals surface area contributed by atoms with E-state index in [0.717, 1.165) is 48.0 Å². The molecule has 0 radical (unpaired) electrons. The minimum absolute atomic E-state index is 0.119. The fraction of sp³-hybridized carbons (Fsp3) is 0.450. The number of piperidine rings is 1. The molecule has 1 aliphatic heterocycles. The first-order valence-electron chi connectivity index (χ1n) is 8.80. The van der Waals surface area contributed by atoms with Gasteiger partial charge < -0.3 is 9.64 Å². The number of ether oxygens (including phenoxy) is 1. The maximum atomic E-state index is 12.6. The number of benzene rings is 1. The van der Waals surface area contributed by atoms with Gasteiger partial charge >= 0.3 is 5.97 Å².